The van der Waals surface area contributed by atoms with Gasteiger partial charge in [-0.1, -0.05) is 30.3 Å². The number of nitrogens with two attached hydrogens (primary N) is 2. The fourth-order valence-corrected chi connectivity index (χ4v) is 2.88. The minimum absolute atomic E-state index is 0.0366. The molecule has 1 aromatic heterocycles. The normalized spacial score (nSPS) is 13.6. The molecule has 3 unspecified atom stereocenters. The van der Waals surface area contributed by atoms with Crippen molar-refractivity contribution in [2.75, 3.05) is 0 Å². The van der Waals surface area contributed by atoms with Crippen LogP contribution in [0.1, 0.15) is 24.1 Å². The molecule has 0 bridgehead atoms. The summed E-state index contributed by atoms with van der Waals surface area (Å²) in [5.74, 6) is -3.28. The quantitative estimate of drug-likeness (QED) is 0.244. The summed E-state index contributed by atoms with van der Waals surface area (Å²) >= 11 is 0. The Kier molecular flexibility index (Phi) is 8.70. The van der Waals surface area contributed by atoms with Gasteiger partial charge < -0.3 is 32.2 Å². The van der Waals surface area contributed by atoms with Crippen LogP contribution in [0.2, 0.25) is 0 Å². The average Bonchev–Trinajstić information content (AvgIpc) is 3.24. The van der Waals surface area contributed by atoms with E-state index in [1.807, 2.05) is 30.3 Å². The number of carbonyl (C=O) groups is 4. The molecule has 3 atom stereocenters. The van der Waals surface area contributed by atoms with E-state index in [4.69, 9.17) is 11.5 Å². The first-order valence-corrected chi connectivity index (χ1v) is 9.65. The zero-order chi connectivity index (χ0) is 22.8. The maximum Gasteiger partial charge on any atom is 0.326 e. The van der Waals surface area contributed by atoms with Gasteiger partial charge in [0.15, 0.2) is 0 Å². The lowest BCUT2D eigenvalue weighted by atomic mass is 10.0. The molecule has 8 N–H and O–H groups in total. The Morgan fingerprint density at radius 1 is 1.03 bits per heavy atom. The predicted molar refractivity (Wildman–Crippen MR) is 110 cm³/mol. The van der Waals surface area contributed by atoms with Crippen LogP contribution in [0, 0.1) is 0 Å². The van der Waals surface area contributed by atoms with Gasteiger partial charge in [-0.3, -0.25) is 14.4 Å². The topological polar surface area (TPSA) is 193 Å². The van der Waals surface area contributed by atoms with Crippen LogP contribution in [-0.2, 0) is 32.0 Å². The van der Waals surface area contributed by atoms with Gasteiger partial charge in [0.2, 0.25) is 17.7 Å². The van der Waals surface area contributed by atoms with Crippen molar-refractivity contribution < 1.29 is 24.3 Å². The number of aromatic nitrogens is 2. The highest BCUT2D eigenvalue weighted by Gasteiger charge is 2.28. The van der Waals surface area contributed by atoms with E-state index in [0.29, 0.717) is 5.69 Å². The van der Waals surface area contributed by atoms with Crippen LogP contribution in [0.4, 0.5) is 0 Å². The van der Waals surface area contributed by atoms with Crippen molar-refractivity contribution in [2.45, 2.75) is 43.8 Å². The number of carboxylic acids is 1. The number of carboxylic acid groups (broad SMARTS) is 1. The first-order chi connectivity index (χ1) is 14.8. The number of hydrogen-bond acceptors (Lipinski definition) is 6. The molecule has 0 aliphatic carbocycles. The van der Waals surface area contributed by atoms with Crippen LogP contribution in [0.5, 0.6) is 0 Å². The molecule has 31 heavy (non-hydrogen) atoms. The molecule has 0 saturated carbocycles. The molecule has 11 heteroatoms. The van der Waals surface area contributed by atoms with Crippen molar-refractivity contribution in [3.8, 4) is 0 Å². The lowest BCUT2D eigenvalue weighted by Crippen LogP contribution is -2.55. The van der Waals surface area contributed by atoms with E-state index in [-0.39, 0.29) is 25.7 Å². The van der Waals surface area contributed by atoms with E-state index >= 15 is 0 Å². The lowest BCUT2D eigenvalue weighted by molar-refractivity contribution is -0.142. The largest absolute Gasteiger partial charge is 0.480 e. The number of hydrogen-bond donors (Lipinski definition) is 6. The molecule has 2 aromatic rings. The fourth-order valence-electron chi connectivity index (χ4n) is 2.88. The second kappa shape index (κ2) is 11.5. The number of rotatable bonds is 12. The number of aromatic amines is 1. The van der Waals surface area contributed by atoms with Crippen LogP contribution in [-0.4, -0.2) is 56.9 Å². The molecule has 1 aromatic carbocycles. The van der Waals surface area contributed by atoms with Crippen molar-refractivity contribution in [3.05, 3.63) is 54.1 Å². The third-order valence-electron chi connectivity index (χ3n) is 4.54. The van der Waals surface area contributed by atoms with Gasteiger partial charge in [-0.25, -0.2) is 9.78 Å². The van der Waals surface area contributed by atoms with Crippen LogP contribution in [0.3, 0.4) is 0 Å². The summed E-state index contributed by atoms with van der Waals surface area (Å²) in [5.41, 5.74) is 12.5. The smallest absolute Gasteiger partial charge is 0.326 e. The minimum atomic E-state index is -1.26. The van der Waals surface area contributed by atoms with Crippen molar-refractivity contribution in [3.63, 3.8) is 0 Å². The van der Waals surface area contributed by atoms with E-state index in [1.54, 1.807) is 0 Å². The fraction of sp³-hybridized carbons (Fsp3) is 0.350. The molecule has 1 heterocycles. The summed E-state index contributed by atoms with van der Waals surface area (Å²) in [7, 11) is 0. The second-order valence-corrected chi connectivity index (χ2v) is 7.04. The molecule has 3 amide bonds. The number of amides is 3. The highest BCUT2D eigenvalue weighted by atomic mass is 16.4. The summed E-state index contributed by atoms with van der Waals surface area (Å²) in [4.78, 5) is 54.5. The Morgan fingerprint density at radius 2 is 1.71 bits per heavy atom. The van der Waals surface area contributed by atoms with Gasteiger partial charge in [-0.15, -0.1) is 0 Å². The first kappa shape index (κ1) is 23.5. The average molecular weight is 430 g/mol. The number of imidazole rings is 1. The molecule has 0 fully saturated rings. The third kappa shape index (κ3) is 7.90. The number of benzene rings is 1. The van der Waals surface area contributed by atoms with Gasteiger partial charge in [0, 0.05) is 24.7 Å². The van der Waals surface area contributed by atoms with Gasteiger partial charge in [-0.05, 0) is 18.4 Å². The van der Waals surface area contributed by atoms with Gasteiger partial charge in [-0.2, -0.15) is 0 Å². The van der Waals surface area contributed by atoms with Gasteiger partial charge in [0.25, 0.3) is 0 Å². The van der Waals surface area contributed by atoms with Crippen molar-refractivity contribution in [2.24, 2.45) is 11.5 Å². The Hall–Kier alpha value is -3.73. The molecule has 0 aliphatic rings. The molecule has 11 nitrogen and oxygen atoms in total. The highest BCUT2D eigenvalue weighted by Crippen LogP contribution is 2.05. The Balaban J connectivity index is 2.04. The molecular formula is C20H26N6O5. The molecule has 0 aliphatic heterocycles. The van der Waals surface area contributed by atoms with E-state index < -0.39 is 41.8 Å². The summed E-state index contributed by atoms with van der Waals surface area (Å²) in [6.45, 7) is 0. The Labute approximate surface area is 178 Å². The first-order valence-electron chi connectivity index (χ1n) is 9.65. The third-order valence-corrected chi connectivity index (χ3v) is 4.54. The van der Waals surface area contributed by atoms with Gasteiger partial charge >= 0.3 is 5.97 Å². The van der Waals surface area contributed by atoms with E-state index in [1.165, 1.54) is 12.5 Å². The SMILES string of the molecule is NC(=O)CCC(NC(=O)C(N)Cc1ccccc1)C(=O)NC(Cc1cnc[nH]1)C(=O)O. The van der Waals surface area contributed by atoms with Crippen molar-refractivity contribution in [1.29, 1.82) is 0 Å². The number of H-pyrrole nitrogens is 1. The van der Waals surface area contributed by atoms with E-state index in [9.17, 15) is 24.3 Å². The Morgan fingerprint density at radius 3 is 2.29 bits per heavy atom. The summed E-state index contributed by atoms with van der Waals surface area (Å²) < 4.78 is 0. The van der Waals surface area contributed by atoms with E-state index in [0.717, 1.165) is 5.56 Å². The number of nitrogens with one attached hydrogen (secondary N) is 3. The van der Waals surface area contributed by atoms with Gasteiger partial charge in [0.1, 0.15) is 12.1 Å². The van der Waals surface area contributed by atoms with Crippen LogP contribution in [0.15, 0.2) is 42.9 Å². The molecule has 2 rings (SSSR count). The summed E-state index contributed by atoms with van der Waals surface area (Å²) in [5, 5.41) is 14.3. The molecule has 0 spiro atoms. The standard InChI is InChI=1S/C20H26N6O5/c21-14(8-12-4-2-1-3-5-12)18(28)25-15(6-7-17(22)27)19(29)26-16(20(30)31)9-13-10-23-11-24-13/h1-5,10-11,14-16H,6-9,21H2,(H2,22,27)(H,23,24)(H,25,28)(H,26,29)(H,30,31). The summed E-state index contributed by atoms with van der Waals surface area (Å²) in [6, 6.07) is 5.72. The number of carbonyl (C=O) groups excluding carboxylic acids is 3. The number of primary amides is 1. The molecule has 0 saturated heterocycles. The van der Waals surface area contributed by atoms with Crippen LogP contribution in [0.25, 0.3) is 0 Å². The maximum absolute atomic E-state index is 12.7. The van der Waals surface area contributed by atoms with Crippen LogP contribution < -0.4 is 22.1 Å². The van der Waals surface area contributed by atoms with Crippen molar-refractivity contribution in [1.82, 2.24) is 20.6 Å². The predicted octanol–water partition coefficient (Wildman–Crippen LogP) is -1.16. The zero-order valence-electron chi connectivity index (χ0n) is 16.8. The second-order valence-electron chi connectivity index (χ2n) is 7.04. The number of aliphatic carboxylic acids is 1. The van der Waals surface area contributed by atoms with Gasteiger partial charge in [0.05, 0.1) is 12.4 Å². The monoisotopic (exact) mass is 430 g/mol. The molecular weight excluding hydrogens is 404 g/mol. The zero-order valence-corrected chi connectivity index (χ0v) is 16.8. The maximum atomic E-state index is 12.7. The minimum Gasteiger partial charge on any atom is -0.480 e. The number of nitrogens with zero attached hydrogens (tertiary/aromatic N) is 1. The molecule has 0 radical (unpaired) electrons. The van der Waals surface area contributed by atoms with Crippen molar-refractivity contribution >= 4 is 23.7 Å². The highest BCUT2D eigenvalue weighted by molar-refractivity contribution is 5.92. The molecule has 166 valence electrons. The Bertz CT molecular complexity index is 887. The lowest BCUT2D eigenvalue weighted by Gasteiger charge is -2.22. The van der Waals surface area contributed by atoms with Crippen LogP contribution >= 0.6 is 0 Å². The summed E-state index contributed by atoms with van der Waals surface area (Å²) in [6.07, 6.45) is 2.77. The van der Waals surface area contributed by atoms with E-state index in [2.05, 4.69) is 20.6 Å².